The van der Waals surface area contributed by atoms with Crippen molar-refractivity contribution in [1.82, 2.24) is 10.6 Å². The standard InChI is InChI=1S/C7H17N2O5P/c1-4-12-7(10)8-9-15(11,13-5-2)14-6-3/h4-6H2,1-3H3,(H,8,10)(H,9,11). The third-order valence-electron chi connectivity index (χ3n) is 1.17. The van der Waals surface area contributed by atoms with Crippen molar-refractivity contribution in [3.05, 3.63) is 0 Å². The lowest BCUT2D eigenvalue weighted by atomic mass is 10.9. The number of ether oxygens (including phenoxy) is 1. The van der Waals surface area contributed by atoms with Crippen LogP contribution in [0, 0.1) is 0 Å². The number of nitrogens with one attached hydrogen (secondary N) is 2. The van der Waals surface area contributed by atoms with Crippen LogP contribution in [-0.4, -0.2) is 25.9 Å². The molecule has 0 rings (SSSR count). The van der Waals surface area contributed by atoms with E-state index in [1.807, 2.05) is 0 Å². The molecule has 0 aliphatic carbocycles. The summed E-state index contributed by atoms with van der Waals surface area (Å²) in [6.45, 7) is 5.62. The van der Waals surface area contributed by atoms with E-state index in [0.29, 0.717) is 0 Å². The molecule has 7 nitrogen and oxygen atoms in total. The van der Waals surface area contributed by atoms with Gasteiger partial charge in [0.05, 0.1) is 19.8 Å². The van der Waals surface area contributed by atoms with Crippen LogP contribution in [0.3, 0.4) is 0 Å². The van der Waals surface area contributed by atoms with Crippen molar-refractivity contribution >= 4 is 13.8 Å². The van der Waals surface area contributed by atoms with Crippen LogP contribution in [-0.2, 0) is 18.3 Å². The first kappa shape index (κ1) is 14.4. The number of hydrogen-bond donors (Lipinski definition) is 2. The van der Waals surface area contributed by atoms with Crippen molar-refractivity contribution in [2.24, 2.45) is 0 Å². The van der Waals surface area contributed by atoms with Gasteiger partial charge in [-0.25, -0.2) is 14.8 Å². The van der Waals surface area contributed by atoms with Gasteiger partial charge in [-0.3, -0.25) is 9.05 Å². The zero-order valence-electron chi connectivity index (χ0n) is 9.11. The molecule has 0 unspecified atom stereocenters. The molecular weight excluding hydrogens is 223 g/mol. The van der Waals surface area contributed by atoms with Gasteiger partial charge in [-0.1, -0.05) is 0 Å². The highest BCUT2D eigenvalue weighted by Gasteiger charge is 2.24. The second-order valence-corrected chi connectivity index (χ2v) is 4.03. The number of carbonyl (C=O) groups excluding carboxylic acids is 1. The van der Waals surface area contributed by atoms with Crippen LogP contribution in [0.4, 0.5) is 4.79 Å². The van der Waals surface area contributed by atoms with Crippen LogP contribution in [0.25, 0.3) is 0 Å². The van der Waals surface area contributed by atoms with Gasteiger partial charge in [0.2, 0.25) is 0 Å². The molecule has 0 atom stereocenters. The Morgan fingerprint density at radius 1 is 1.13 bits per heavy atom. The molecule has 0 aliphatic heterocycles. The third-order valence-corrected chi connectivity index (χ3v) is 2.75. The van der Waals surface area contributed by atoms with E-state index in [-0.39, 0.29) is 19.8 Å². The highest BCUT2D eigenvalue weighted by atomic mass is 31.2. The van der Waals surface area contributed by atoms with E-state index in [1.165, 1.54) is 0 Å². The Labute approximate surface area is 89.0 Å². The van der Waals surface area contributed by atoms with E-state index in [2.05, 4.69) is 15.4 Å². The molecular formula is C7H17N2O5P. The van der Waals surface area contributed by atoms with Gasteiger partial charge < -0.3 is 4.74 Å². The summed E-state index contributed by atoms with van der Waals surface area (Å²) in [6.07, 6.45) is -0.739. The molecule has 0 bridgehead atoms. The topological polar surface area (TPSA) is 85.9 Å². The first-order valence-electron chi connectivity index (χ1n) is 4.67. The van der Waals surface area contributed by atoms with Gasteiger partial charge in [-0.15, -0.1) is 5.20 Å². The summed E-state index contributed by atoms with van der Waals surface area (Å²) in [5, 5.41) is 2.17. The van der Waals surface area contributed by atoms with Crippen molar-refractivity contribution in [3.63, 3.8) is 0 Å². The molecule has 0 aromatic rings. The molecule has 15 heavy (non-hydrogen) atoms. The first-order valence-corrected chi connectivity index (χ1v) is 6.21. The molecule has 0 aliphatic rings. The molecule has 0 heterocycles. The molecule has 2 N–H and O–H groups in total. The first-order chi connectivity index (χ1) is 7.08. The van der Waals surface area contributed by atoms with Crippen molar-refractivity contribution in [2.45, 2.75) is 20.8 Å². The molecule has 0 fully saturated rings. The number of carbonyl (C=O) groups is 1. The van der Waals surface area contributed by atoms with Gasteiger partial charge in [0.25, 0.3) is 0 Å². The quantitative estimate of drug-likeness (QED) is 0.517. The molecule has 0 radical (unpaired) electrons. The maximum Gasteiger partial charge on any atom is 0.423 e. The average molecular weight is 240 g/mol. The van der Waals surface area contributed by atoms with Gasteiger partial charge in [-0.05, 0) is 20.8 Å². The van der Waals surface area contributed by atoms with Crippen LogP contribution in [0.1, 0.15) is 20.8 Å². The lowest BCUT2D eigenvalue weighted by Gasteiger charge is -2.17. The molecule has 0 saturated heterocycles. The fraction of sp³-hybridized carbons (Fsp3) is 0.857. The van der Waals surface area contributed by atoms with E-state index in [4.69, 9.17) is 9.05 Å². The monoisotopic (exact) mass is 240 g/mol. The summed E-state index contributed by atoms with van der Waals surface area (Å²) in [5.41, 5.74) is 2.07. The second kappa shape index (κ2) is 7.64. The van der Waals surface area contributed by atoms with Gasteiger partial charge in [0, 0.05) is 0 Å². The normalized spacial score (nSPS) is 11.1. The van der Waals surface area contributed by atoms with E-state index in [1.54, 1.807) is 20.8 Å². The van der Waals surface area contributed by atoms with Gasteiger partial charge in [0.15, 0.2) is 0 Å². The second-order valence-electron chi connectivity index (χ2n) is 2.29. The zero-order chi connectivity index (χ0) is 11.7. The van der Waals surface area contributed by atoms with Crippen molar-refractivity contribution in [3.8, 4) is 0 Å². The number of rotatable bonds is 7. The summed E-state index contributed by atoms with van der Waals surface area (Å²) in [5.74, 6) is 0. The predicted octanol–water partition coefficient (Wildman–Crippen LogP) is 1.42. The molecule has 8 heteroatoms. The average Bonchev–Trinajstić information content (AvgIpc) is 2.16. The van der Waals surface area contributed by atoms with Crippen molar-refractivity contribution in [2.75, 3.05) is 19.8 Å². The summed E-state index contributed by atoms with van der Waals surface area (Å²) in [4.78, 5) is 10.9. The van der Waals surface area contributed by atoms with Crippen LogP contribution in [0.15, 0.2) is 0 Å². The van der Waals surface area contributed by atoms with Crippen molar-refractivity contribution < 1.29 is 23.1 Å². The minimum absolute atomic E-state index is 0.203. The van der Waals surface area contributed by atoms with Crippen LogP contribution in [0.5, 0.6) is 0 Å². The molecule has 1 amide bonds. The van der Waals surface area contributed by atoms with Gasteiger partial charge in [0.1, 0.15) is 0 Å². The molecule has 0 saturated carbocycles. The molecule has 0 aromatic carbocycles. The lowest BCUT2D eigenvalue weighted by molar-refractivity contribution is 0.145. The zero-order valence-corrected chi connectivity index (χ0v) is 10.0. The Balaban J connectivity index is 4.06. The predicted molar refractivity (Wildman–Crippen MR) is 54.2 cm³/mol. The van der Waals surface area contributed by atoms with Crippen molar-refractivity contribution in [1.29, 1.82) is 0 Å². The molecule has 90 valence electrons. The summed E-state index contributed by atoms with van der Waals surface area (Å²) < 4.78 is 25.9. The Morgan fingerprint density at radius 3 is 2.07 bits per heavy atom. The smallest absolute Gasteiger partial charge is 0.423 e. The van der Waals surface area contributed by atoms with Crippen LogP contribution in [0.2, 0.25) is 0 Å². The summed E-state index contributed by atoms with van der Waals surface area (Å²) in [6, 6.07) is 0. The van der Waals surface area contributed by atoms with Gasteiger partial charge >= 0.3 is 13.8 Å². The Kier molecular flexibility index (Phi) is 7.33. The highest BCUT2D eigenvalue weighted by Crippen LogP contribution is 2.42. The van der Waals surface area contributed by atoms with E-state index < -0.39 is 13.8 Å². The van der Waals surface area contributed by atoms with Gasteiger partial charge in [-0.2, -0.15) is 0 Å². The molecule has 0 aromatic heterocycles. The largest absolute Gasteiger partial charge is 0.449 e. The van der Waals surface area contributed by atoms with E-state index in [0.717, 1.165) is 0 Å². The minimum Gasteiger partial charge on any atom is -0.449 e. The molecule has 0 spiro atoms. The fourth-order valence-electron chi connectivity index (χ4n) is 0.723. The maximum atomic E-state index is 11.7. The lowest BCUT2D eigenvalue weighted by Crippen LogP contribution is -2.36. The number of amides is 1. The SMILES string of the molecule is CCOC(=O)NNP(=O)(OCC)OCC. The number of hydrogen-bond acceptors (Lipinski definition) is 5. The third kappa shape index (κ3) is 6.46. The highest BCUT2D eigenvalue weighted by molar-refractivity contribution is 7.51. The van der Waals surface area contributed by atoms with E-state index in [9.17, 15) is 9.36 Å². The fourth-order valence-corrected chi connectivity index (χ4v) is 1.83. The minimum atomic E-state index is -3.46. The van der Waals surface area contributed by atoms with Crippen LogP contribution >= 0.6 is 7.75 Å². The maximum absolute atomic E-state index is 11.7. The van der Waals surface area contributed by atoms with E-state index >= 15 is 0 Å². The Hall–Kier alpha value is -0.620. The summed E-state index contributed by atoms with van der Waals surface area (Å²) >= 11 is 0. The van der Waals surface area contributed by atoms with Crippen LogP contribution < -0.4 is 10.6 Å². The Bertz CT molecular complexity index is 225. The number of hydrazine groups is 1. The Morgan fingerprint density at radius 2 is 1.67 bits per heavy atom. The summed E-state index contributed by atoms with van der Waals surface area (Å²) in [7, 11) is -3.46.